The highest BCUT2D eigenvalue weighted by Gasteiger charge is 2.12. The normalized spacial score (nSPS) is 9.81. The lowest BCUT2D eigenvalue weighted by molar-refractivity contribution is -0.141. The van der Waals surface area contributed by atoms with E-state index in [1.807, 2.05) is 27.7 Å². The first-order valence-corrected chi connectivity index (χ1v) is 6.80. The molecule has 0 heterocycles. The highest BCUT2D eigenvalue weighted by Crippen LogP contribution is 1.91. The minimum atomic E-state index is -1.07. The predicted octanol–water partition coefficient (Wildman–Crippen LogP) is -0.453. The average Bonchev–Trinajstić information content (AvgIpc) is 2.22. The van der Waals surface area contributed by atoms with E-state index in [1.165, 1.54) is 4.90 Å². The standard InChI is InChI=1S/C7H13NO5.2C3H9N/c9-3-1-2-8(4-6(10)11)5-7(12)13;2*1-3(2)4/h9H,1-5H2,(H,10,11)(H,12,13);2*3H,4H2,1-2H3. The van der Waals surface area contributed by atoms with Gasteiger partial charge in [0, 0.05) is 13.2 Å². The molecule has 0 fully saturated rings. The van der Waals surface area contributed by atoms with Crippen molar-refractivity contribution in [1.82, 2.24) is 4.90 Å². The lowest BCUT2D eigenvalue weighted by Crippen LogP contribution is -2.35. The van der Waals surface area contributed by atoms with Gasteiger partial charge < -0.3 is 26.8 Å². The molecule has 8 heteroatoms. The maximum Gasteiger partial charge on any atom is 0.317 e. The monoisotopic (exact) mass is 309 g/mol. The van der Waals surface area contributed by atoms with Crippen molar-refractivity contribution in [3.05, 3.63) is 0 Å². The molecule has 0 aromatic carbocycles. The van der Waals surface area contributed by atoms with Gasteiger partial charge in [0.1, 0.15) is 0 Å². The lowest BCUT2D eigenvalue weighted by atomic mass is 10.4. The van der Waals surface area contributed by atoms with Crippen LogP contribution in [-0.4, -0.2) is 70.5 Å². The molecule has 0 spiro atoms. The van der Waals surface area contributed by atoms with E-state index in [2.05, 4.69) is 0 Å². The van der Waals surface area contributed by atoms with E-state index in [0.29, 0.717) is 18.5 Å². The average molecular weight is 309 g/mol. The fraction of sp³-hybridized carbons (Fsp3) is 0.846. The number of nitrogens with zero attached hydrogens (tertiary/aromatic N) is 1. The molecule has 0 unspecified atom stereocenters. The van der Waals surface area contributed by atoms with Gasteiger partial charge in [-0.15, -0.1) is 0 Å². The van der Waals surface area contributed by atoms with Crippen molar-refractivity contribution in [3.8, 4) is 0 Å². The number of aliphatic hydroxyl groups excluding tert-OH is 1. The predicted molar refractivity (Wildman–Crippen MR) is 82.1 cm³/mol. The lowest BCUT2D eigenvalue weighted by Gasteiger charge is -2.16. The molecule has 0 radical (unpaired) electrons. The topological polar surface area (TPSA) is 150 Å². The summed E-state index contributed by atoms with van der Waals surface area (Å²) < 4.78 is 0. The Balaban J connectivity index is -0.000000334. The number of nitrogens with two attached hydrogens (primary N) is 2. The minimum absolute atomic E-state index is 0.0737. The van der Waals surface area contributed by atoms with E-state index < -0.39 is 11.9 Å². The number of carboxylic acid groups (broad SMARTS) is 2. The third kappa shape index (κ3) is 45.5. The number of carbonyl (C=O) groups is 2. The van der Waals surface area contributed by atoms with Crippen molar-refractivity contribution in [2.24, 2.45) is 11.5 Å². The van der Waals surface area contributed by atoms with Gasteiger partial charge in [0.2, 0.25) is 0 Å². The first kappa shape index (κ1) is 24.8. The van der Waals surface area contributed by atoms with Crippen LogP contribution in [0.5, 0.6) is 0 Å². The van der Waals surface area contributed by atoms with Gasteiger partial charge in [0.05, 0.1) is 13.1 Å². The van der Waals surface area contributed by atoms with Crippen LogP contribution in [0, 0.1) is 0 Å². The molecule has 0 aliphatic rings. The molecule has 8 nitrogen and oxygen atoms in total. The maximum absolute atomic E-state index is 10.3. The van der Waals surface area contributed by atoms with E-state index in [1.54, 1.807) is 0 Å². The molecule has 0 saturated heterocycles. The summed E-state index contributed by atoms with van der Waals surface area (Å²) in [5, 5.41) is 25.3. The van der Waals surface area contributed by atoms with Crippen molar-refractivity contribution in [2.45, 2.75) is 46.2 Å². The number of hydrogen-bond acceptors (Lipinski definition) is 6. The van der Waals surface area contributed by atoms with Crippen LogP contribution in [0.3, 0.4) is 0 Å². The van der Waals surface area contributed by atoms with E-state index in [9.17, 15) is 9.59 Å². The largest absolute Gasteiger partial charge is 0.480 e. The molecule has 7 N–H and O–H groups in total. The molecule has 0 amide bonds. The summed E-state index contributed by atoms with van der Waals surface area (Å²) in [5.74, 6) is -2.14. The van der Waals surface area contributed by atoms with Gasteiger partial charge in [0.25, 0.3) is 0 Å². The summed E-state index contributed by atoms with van der Waals surface area (Å²) in [6, 6.07) is 0.667. The Hall–Kier alpha value is -1.22. The first-order chi connectivity index (χ1) is 9.52. The molecular weight excluding hydrogens is 278 g/mol. The molecule has 0 aliphatic heterocycles. The summed E-state index contributed by atoms with van der Waals surface area (Å²) in [6.07, 6.45) is 0.376. The zero-order valence-corrected chi connectivity index (χ0v) is 13.5. The summed E-state index contributed by atoms with van der Waals surface area (Å²) in [4.78, 5) is 21.8. The SMILES string of the molecule is CC(C)N.CC(C)N.O=C(O)CN(CCCO)CC(=O)O. The van der Waals surface area contributed by atoms with E-state index in [4.69, 9.17) is 26.8 Å². The van der Waals surface area contributed by atoms with Crippen LogP contribution >= 0.6 is 0 Å². The Morgan fingerprint density at radius 2 is 1.24 bits per heavy atom. The number of rotatable bonds is 7. The van der Waals surface area contributed by atoms with Crippen LogP contribution in [0.25, 0.3) is 0 Å². The minimum Gasteiger partial charge on any atom is -0.480 e. The van der Waals surface area contributed by atoms with E-state index in [0.717, 1.165) is 0 Å². The second-order valence-electron chi connectivity index (χ2n) is 5.06. The summed E-state index contributed by atoms with van der Waals surface area (Å²) in [6.45, 7) is 7.35. The fourth-order valence-electron chi connectivity index (χ4n) is 0.891. The molecule has 128 valence electrons. The Bertz CT molecular complexity index is 233. The summed E-state index contributed by atoms with van der Waals surface area (Å²) in [5.41, 5.74) is 10.2. The Morgan fingerprint density at radius 1 is 0.952 bits per heavy atom. The molecule has 0 aliphatic carbocycles. The van der Waals surface area contributed by atoms with Crippen molar-refractivity contribution in [2.75, 3.05) is 26.2 Å². The zero-order chi connectivity index (χ0) is 17.4. The van der Waals surface area contributed by atoms with Gasteiger partial charge in [-0.2, -0.15) is 0 Å². The summed E-state index contributed by atoms with van der Waals surface area (Å²) >= 11 is 0. The second-order valence-corrected chi connectivity index (χ2v) is 5.06. The number of aliphatic carboxylic acids is 2. The number of hydrogen-bond donors (Lipinski definition) is 5. The number of carboxylic acids is 2. The fourth-order valence-corrected chi connectivity index (χ4v) is 0.891. The van der Waals surface area contributed by atoms with Crippen LogP contribution < -0.4 is 11.5 Å². The third-order valence-electron chi connectivity index (χ3n) is 1.35. The van der Waals surface area contributed by atoms with E-state index >= 15 is 0 Å². The summed E-state index contributed by atoms with van der Waals surface area (Å²) in [7, 11) is 0. The highest BCUT2D eigenvalue weighted by molar-refractivity contribution is 5.72. The molecule has 0 atom stereocenters. The van der Waals surface area contributed by atoms with Crippen molar-refractivity contribution in [3.63, 3.8) is 0 Å². The van der Waals surface area contributed by atoms with Gasteiger partial charge >= 0.3 is 11.9 Å². The first-order valence-electron chi connectivity index (χ1n) is 6.80. The third-order valence-corrected chi connectivity index (χ3v) is 1.35. The van der Waals surface area contributed by atoms with E-state index in [-0.39, 0.29) is 26.2 Å². The van der Waals surface area contributed by atoms with Crippen LogP contribution in [0.15, 0.2) is 0 Å². The smallest absolute Gasteiger partial charge is 0.317 e. The van der Waals surface area contributed by atoms with Gasteiger partial charge in [0.15, 0.2) is 0 Å². The molecule has 0 aromatic rings. The van der Waals surface area contributed by atoms with Crippen molar-refractivity contribution >= 4 is 11.9 Å². The Kier molecular flexibility index (Phi) is 19.9. The molecule has 0 saturated carbocycles. The zero-order valence-electron chi connectivity index (χ0n) is 13.5. The maximum atomic E-state index is 10.3. The molecular formula is C13H31N3O5. The van der Waals surface area contributed by atoms with Crippen LogP contribution in [0.2, 0.25) is 0 Å². The molecule has 0 rings (SSSR count). The van der Waals surface area contributed by atoms with Gasteiger partial charge in [-0.1, -0.05) is 27.7 Å². The number of aliphatic hydroxyl groups is 1. The van der Waals surface area contributed by atoms with Crippen LogP contribution in [0.4, 0.5) is 0 Å². The quantitative estimate of drug-likeness (QED) is 0.424. The second kappa shape index (κ2) is 16.8. The van der Waals surface area contributed by atoms with Crippen molar-refractivity contribution < 1.29 is 24.9 Å². The van der Waals surface area contributed by atoms with Crippen LogP contribution in [0.1, 0.15) is 34.1 Å². The Morgan fingerprint density at radius 3 is 1.43 bits per heavy atom. The molecule has 21 heavy (non-hydrogen) atoms. The van der Waals surface area contributed by atoms with Crippen molar-refractivity contribution in [1.29, 1.82) is 0 Å². The van der Waals surface area contributed by atoms with Gasteiger partial charge in [-0.25, -0.2) is 0 Å². The van der Waals surface area contributed by atoms with Gasteiger partial charge in [-0.3, -0.25) is 14.5 Å². The van der Waals surface area contributed by atoms with Gasteiger partial charge in [-0.05, 0) is 18.5 Å². The molecule has 0 bridgehead atoms. The molecule has 0 aromatic heterocycles. The Labute approximate surface area is 126 Å². The highest BCUT2D eigenvalue weighted by atomic mass is 16.4. The van der Waals surface area contributed by atoms with Crippen LogP contribution in [-0.2, 0) is 9.59 Å².